The maximum Gasteiger partial charge on any atom is 0.306 e. The van der Waals surface area contributed by atoms with Crippen LogP contribution in [0.1, 0.15) is 44.0 Å². The lowest BCUT2D eigenvalue weighted by Gasteiger charge is -2.24. The molecule has 0 bridgehead atoms. The van der Waals surface area contributed by atoms with E-state index in [0.29, 0.717) is 25.5 Å². The van der Waals surface area contributed by atoms with E-state index in [1.807, 2.05) is 75.4 Å². The van der Waals surface area contributed by atoms with Crippen LogP contribution in [0, 0.1) is 0 Å². The Labute approximate surface area is 201 Å². The fraction of sp³-hybridized carbons (Fsp3) is 0.370. The van der Waals surface area contributed by atoms with Crippen molar-refractivity contribution in [2.45, 2.75) is 52.3 Å². The van der Waals surface area contributed by atoms with Gasteiger partial charge in [0.05, 0.1) is 20.6 Å². The van der Waals surface area contributed by atoms with Gasteiger partial charge in [-0.1, -0.05) is 24.3 Å². The van der Waals surface area contributed by atoms with E-state index in [9.17, 15) is 4.79 Å². The van der Waals surface area contributed by atoms with Crippen molar-refractivity contribution >= 4 is 11.9 Å². The summed E-state index contributed by atoms with van der Waals surface area (Å²) in [6.07, 6.45) is 2.50. The largest absolute Gasteiger partial charge is 0.497 e. The Morgan fingerprint density at radius 3 is 1.85 bits per heavy atom. The number of carbonyl (C=O) groups excluding carboxylic acids is 1. The van der Waals surface area contributed by atoms with E-state index in [1.165, 1.54) is 0 Å². The van der Waals surface area contributed by atoms with Gasteiger partial charge < -0.3 is 19.1 Å². The van der Waals surface area contributed by atoms with Crippen LogP contribution in [0.3, 0.4) is 0 Å². The van der Waals surface area contributed by atoms with E-state index in [1.54, 1.807) is 20.4 Å². The van der Waals surface area contributed by atoms with Crippen molar-refractivity contribution in [1.29, 1.82) is 0 Å². The summed E-state index contributed by atoms with van der Waals surface area (Å²) in [5.41, 5.74) is 2.51. The molecule has 3 rings (SSSR count). The van der Waals surface area contributed by atoms with Gasteiger partial charge in [-0.3, -0.25) is 4.79 Å². The van der Waals surface area contributed by atoms with E-state index in [4.69, 9.17) is 19.2 Å². The van der Waals surface area contributed by atoms with Crippen molar-refractivity contribution < 1.29 is 19.0 Å². The minimum Gasteiger partial charge on any atom is -0.497 e. The van der Waals surface area contributed by atoms with E-state index in [2.05, 4.69) is 9.88 Å². The molecule has 1 aromatic heterocycles. The first-order valence-electron chi connectivity index (χ1n) is 11.3. The van der Waals surface area contributed by atoms with Crippen molar-refractivity contribution in [1.82, 2.24) is 9.97 Å². The SMILES string of the molecule is COc1ccc(CN(Cc2ccc(OC)cc2)c2nccc(CCC(=O)OC(C)(C)C)n2)cc1. The van der Waals surface area contributed by atoms with Crippen molar-refractivity contribution in [3.63, 3.8) is 0 Å². The van der Waals surface area contributed by atoms with Crippen LogP contribution < -0.4 is 14.4 Å². The second-order valence-electron chi connectivity index (χ2n) is 8.99. The molecule has 0 fully saturated rings. The third kappa shape index (κ3) is 7.76. The Kier molecular flexibility index (Phi) is 8.46. The van der Waals surface area contributed by atoms with Gasteiger partial charge in [0, 0.05) is 31.4 Å². The number of aromatic nitrogens is 2. The number of rotatable bonds is 10. The highest BCUT2D eigenvalue weighted by Gasteiger charge is 2.17. The smallest absolute Gasteiger partial charge is 0.306 e. The predicted molar refractivity (Wildman–Crippen MR) is 132 cm³/mol. The summed E-state index contributed by atoms with van der Waals surface area (Å²) >= 11 is 0. The summed E-state index contributed by atoms with van der Waals surface area (Å²) in [5, 5.41) is 0. The molecule has 0 unspecified atom stereocenters. The van der Waals surface area contributed by atoms with Gasteiger partial charge in [0.15, 0.2) is 0 Å². The molecule has 0 radical (unpaired) electrons. The molecule has 34 heavy (non-hydrogen) atoms. The van der Waals surface area contributed by atoms with Crippen molar-refractivity contribution in [3.8, 4) is 11.5 Å². The number of hydrogen-bond donors (Lipinski definition) is 0. The molecule has 0 spiro atoms. The highest BCUT2D eigenvalue weighted by molar-refractivity contribution is 5.70. The maximum absolute atomic E-state index is 12.1. The van der Waals surface area contributed by atoms with E-state index >= 15 is 0 Å². The molecule has 7 nitrogen and oxygen atoms in total. The van der Waals surface area contributed by atoms with Crippen molar-refractivity contribution in [3.05, 3.63) is 77.6 Å². The average Bonchev–Trinajstić information content (AvgIpc) is 2.82. The third-order valence-electron chi connectivity index (χ3n) is 5.05. The van der Waals surface area contributed by atoms with Gasteiger partial charge in [0.2, 0.25) is 5.95 Å². The summed E-state index contributed by atoms with van der Waals surface area (Å²) in [6, 6.07) is 17.7. The molecule has 0 N–H and O–H groups in total. The van der Waals surface area contributed by atoms with Gasteiger partial charge in [-0.15, -0.1) is 0 Å². The quantitative estimate of drug-likeness (QED) is 0.393. The molecule has 3 aromatic rings. The molecule has 0 amide bonds. The van der Waals surface area contributed by atoms with Crippen molar-refractivity contribution in [2.24, 2.45) is 0 Å². The topological polar surface area (TPSA) is 73.8 Å². The van der Waals surface area contributed by atoms with Crippen molar-refractivity contribution in [2.75, 3.05) is 19.1 Å². The second kappa shape index (κ2) is 11.5. The molecule has 0 aliphatic rings. The average molecular weight is 464 g/mol. The minimum atomic E-state index is -0.499. The van der Waals surface area contributed by atoms with Crippen LogP contribution in [0.2, 0.25) is 0 Å². The maximum atomic E-state index is 12.1. The first-order chi connectivity index (χ1) is 16.3. The Hall–Kier alpha value is -3.61. The number of hydrogen-bond acceptors (Lipinski definition) is 7. The predicted octanol–water partition coefficient (Wildman–Crippen LogP) is 4.97. The summed E-state index contributed by atoms with van der Waals surface area (Å²) in [5.74, 6) is 1.99. The molecular formula is C27H33N3O4. The number of anilines is 1. The summed E-state index contributed by atoms with van der Waals surface area (Å²) in [4.78, 5) is 23.5. The molecule has 1 heterocycles. The molecule has 7 heteroatoms. The Morgan fingerprint density at radius 1 is 0.853 bits per heavy atom. The van der Waals surface area contributed by atoms with E-state index in [0.717, 1.165) is 28.3 Å². The molecule has 0 saturated heterocycles. The number of ether oxygens (including phenoxy) is 3. The summed E-state index contributed by atoms with van der Waals surface area (Å²) < 4.78 is 16.0. The van der Waals surface area contributed by atoms with Crippen LogP contribution >= 0.6 is 0 Å². The first kappa shape index (κ1) is 25.0. The number of esters is 1. The fourth-order valence-electron chi connectivity index (χ4n) is 3.40. The van der Waals surface area contributed by atoms with E-state index < -0.39 is 5.60 Å². The number of benzene rings is 2. The van der Waals surface area contributed by atoms with Crippen LogP contribution in [0.15, 0.2) is 60.8 Å². The normalized spacial score (nSPS) is 11.1. The molecule has 2 aromatic carbocycles. The number of nitrogens with zero attached hydrogens (tertiary/aromatic N) is 3. The molecule has 0 aliphatic carbocycles. The highest BCUT2D eigenvalue weighted by Crippen LogP contribution is 2.21. The third-order valence-corrected chi connectivity index (χ3v) is 5.05. The molecule has 0 aliphatic heterocycles. The number of methoxy groups -OCH3 is 2. The second-order valence-corrected chi connectivity index (χ2v) is 8.99. The standard InChI is InChI=1S/C27H33N3O4/c1-27(2,3)34-25(31)15-10-22-16-17-28-26(29-22)30(18-20-6-11-23(32-4)12-7-20)19-21-8-13-24(33-5)14-9-21/h6-9,11-14,16-17H,10,15,18-19H2,1-5H3. The zero-order valence-corrected chi connectivity index (χ0v) is 20.6. The van der Waals surface area contributed by atoms with Crippen LogP contribution in [0.4, 0.5) is 5.95 Å². The zero-order valence-electron chi connectivity index (χ0n) is 20.6. The molecule has 0 atom stereocenters. The lowest BCUT2D eigenvalue weighted by atomic mass is 10.1. The van der Waals surface area contributed by atoms with Gasteiger partial charge in [0.1, 0.15) is 17.1 Å². The van der Waals surface area contributed by atoms with Crippen LogP contribution in [0.25, 0.3) is 0 Å². The van der Waals surface area contributed by atoms with Crippen LogP contribution in [-0.4, -0.2) is 35.8 Å². The molecular weight excluding hydrogens is 430 g/mol. The Bertz CT molecular complexity index is 1010. The number of aryl methyl sites for hydroxylation is 1. The summed E-state index contributed by atoms with van der Waals surface area (Å²) in [6.45, 7) is 6.83. The van der Waals surface area contributed by atoms with Gasteiger partial charge in [-0.2, -0.15) is 0 Å². The monoisotopic (exact) mass is 463 g/mol. The van der Waals surface area contributed by atoms with E-state index in [-0.39, 0.29) is 12.4 Å². The van der Waals surface area contributed by atoms with Gasteiger partial charge in [-0.05, 0) is 62.2 Å². The fourth-order valence-corrected chi connectivity index (χ4v) is 3.40. The lowest BCUT2D eigenvalue weighted by molar-refractivity contribution is -0.154. The zero-order chi connectivity index (χ0) is 24.6. The molecule has 0 saturated carbocycles. The van der Waals surface area contributed by atoms with Crippen LogP contribution in [0.5, 0.6) is 11.5 Å². The van der Waals surface area contributed by atoms with Gasteiger partial charge in [0.25, 0.3) is 0 Å². The summed E-state index contributed by atoms with van der Waals surface area (Å²) in [7, 11) is 3.31. The van der Waals surface area contributed by atoms with Gasteiger partial charge in [-0.25, -0.2) is 9.97 Å². The molecule has 180 valence electrons. The van der Waals surface area contributed by atoms with Crippen LogP contribution in [-0.2, 0) is 29.0 Å². The highest BCUT2D eigenvalue weighted by atomic mass is 16.6. The van der Waals surface area contributed by atoms with Gasteiger partial charge >= 0.3 is 5.97 Å². The minimum absolute atomic E-state index is 0.235. The first-order valence-corrected chi connectivity index (χ1v) is 11.3. The number of carbonyl (C=O) groups is 1. The lowest BCUT2D eigenvalue weighted by Crippen LogP contribution is -2.25. The Morgan fingerprint density at radius 2 is 1.38 bits per heavy atom. The Balaban J connectivity index is 1.79.